The summed E-state index contributed by atoms with van der Waals surface area (Å²) in [6.07, 6.45) is 1.08. The summed E-state index contributed by atoms with van der Waals surface area (Å²) in [6.45, 7) is 4.43. The molecule has 0 aliphatic carbocycles. The van der Waals surface area contributed by atoms with Crippen LogP contribution in [0.15, 0.2) is 47.5 Å². The fourth-order valence-corrected chi connectivity index (χ4v) is 3.03. The molecule has 0 saturated heterocycles. The van der Waals surface area contributed by atoms with E-state index >= 15 is 0 Å². The van der Waals surface area contributed by atoms with Crippen LogP contribution < -0.4 is 15.4 Å². The van der Waals surface area contributed by atoms with Crippen molar-refractivity contribution in [2.24, 2.45) is 4.99 Å². The van der Waals surface area contributed by atoms with Crippen molar-refractivity contribution in [2.75, 3.05) is 26.2 Å². The largest absolute Gasteiger partial charge is 0.493 e. The van der Waals surface area contributed by atoms with Crippen molar-refractivity contribution in [3.63, 3.8) is 0 Å². The highest BCUT2D eigenvalue weighted by Crippen LogP contribution is 2.25. The third-order valence-corrected chi connectivity index (χ3v) is 4.48. The van der Waals surface area contributed by atoms with Gasteiger partial charge in [0.05, 0.1) is 19.3 Å². The molecule has 1 atom stereocenters. The van der Waals surface area contributed by atoms with Gasteiger partial charge in [0.25, 0.3) is 0 Å². The predicted octanol–water partition coefficient (Wildman–Crippen LogP) is 3.21. The predicted molar refractivity (Wildman–Crippen MR) is 120 cm³/mol. The number of aliphatic hydroxyl groups is 1. The van der Waals surface area contributed by atoms with Crippen molar-refractivity contribution in [3.05, 3.63) is 65.0 Å². The van der Waals surface area contributed by atoms with Crippen LogP contribution in [0.1, 0.15) is 29.7 Å². The van der Waals surface area contributed by atoms with Crippen molar-refractivity contribution < 1.29 is 14.2 Å². The molecule has 0 fully saturated rings. The SMILES string of the molecule is CCNC(=NCC(O)c1ccc(F)cc1)NCCc1ccc2c(c1)CCO2.I. The number of halogens is 2. The van der Waals surface area contributed by atoms with Gasteiger partial charge in [-0.2, -0.15) is 0 Å². The van der Waals surface area contributed by atoms with Crippen LogP contribution in [0.25, 0.3) is 0 Å². The fourth-order valence-electron chi connectivity index (χ4n) is 3.03. The summed E-state index contributed by atoms with van der Waals surface area (Å²) in [7, 11) is 0. The van der Waals surface area contributed by atoms with Gasteiger partial charge in [-0.15, -0.1) is 24.0 Å². The monoisotopic (exact) mass is 499 g/mol. The van der Waals surface area contributed by atoms with Gasteiger partial charge in [-0.1, -0.05) is 24.3 Å². The molecule has 3 rings (SSSR count). The number of rotatable bonds is 7. The van der Waals surface area contributed by atoms with Gasteiger partial charge >= 0.3 is 0 Å². The summed E-state index contributed by atoms with van der Waals surface area (Å²) in [5.41, 5.74) is 3.18. The maximum absolute atomic E-state index is 13.0. The van der Waals surface area contributed by atoms with E-state index in [0.29, 0.717) is 11.5 Å². The second-order valence-corrected chi connectivity index (χ2v) is 6.50. The molecule has 2 aromatic rings. The first kappa shape index (κ1) is 22.4. The normalized spacial score (nSPS) is 13.9. The first-order valence-electron chi connectivity index (χ1n) is 9.36. The maximum Gasteiger partial charge on any atom is 0.191 e. The van der Waals surface area contributed by atoms with Gasteiger partial charge < -0.3 is 20.5 Å². The van der Waals surface area contributed by atoms with Crippen LogP contribution >= 0.6 is 24.0 Å². The highest BCUT2D eigenvalue weighted by Gasteiger charge is 2.12. The van der Waals surface area contributed by atoms with Gasteiger partial charge in [-0.3, -0.25) is 4.99 Å². The van der Waals surface area contributed by atoms with Gasteiger partial charge in [-0.25, -0.2) is 4.39 Å². The lowest BCUT2D eigenvalue weighted by atomic mass is 10.1. The van der Waals surface area contributed by atoms with Gasteiger partial charge in [0.15, 0.2) is 5.96 Å². The second-order valence-electron chi connectivity index (χ2n) is 6.50. The summed E-state index contributed by atoms with van der Waals surface area (Å²) in [5.74, 6) is 1.34. The molecule has 1 heterocycles. The van der Waals surface area contributed by atoms with E-state index in [9.17, 15) is 9.50 Å². The number of aliphatic hydroxyl groups excluding tert-OH is 1. The Hall–Kier alpha value is -1.87. The zero-order valence-corrected chi connectivity index (χ0v) is 18.3. The van der Waals surface area contributed by atoms with E-state index in [2.05, 4.69) is 27.8 Å². The number of hydrogen-bond donors (Lipinski definition) is 3. The molecule has 1 unspecified atom stereocenters. The summed E-state index contributed by atoms with van der Waals surface area (Å²) < 4.78 is 18.5. The Labute approximate surface area is 182 Å². The Morgan fingerprint density at radius 3 is 2.75 bits per heavy atom. The van der Waals surface area contributed by atoms with E-state index in [-0.39, 0.29) is 36.3 Å². The molecular weight excluding hydrogens is 472 g/mol. The molecule has 28 heavy (non-hydrogen) atoms. The lowest BCUT2D eigenvalue weighted by molar-refractivity contribution is 0.187. The van der Waals surface area contributed by atoms with Crippen molar-refractivity contribution in [1.82, 2.24) is 10.6 Å². The molecule has 7 heteroatoms. The van der Waals surface area contributed by atoms with Crippen molar-refractivity contribution in [1.29, 1.82) is 0 Å². The number of nitrogens with zero attached hydrogens (tertiary/aromatic N) is 1. The van der Waals surface area contributed by atoms with Gasteiger partial charge in [0, 0.05) is 19.5 Å². The third-order valence-electron chi connectivity index (χ3n) is 4.48. The molecule has 3 N–H and O–H groups in total. The molecule has 0 aromatic heterocycles. The molecule has 5 nitrogen and oxygen atoms in total. The lowest BCUT2D eigenvalue weighted by Crippen LogP contribution is -2.38. The zero-order valence-electron chi connectivity index (χ0n) is 16.0. The molecule has 1 aliphatic heterocycles. The van der Waals surface area contributed by atoms with Crippen LogP contribution in [0.4, 0.5) is 4.39 Å². The summed E-state index contributed by atoms with van der Waals surface area (Å²) >= 11 is 0. The van der Waals surface area contributed by atoms with Crippen LogP contribution in [0, 0.1) is 5.82 Å². The van der Waals surface area contributed by atoms with Crippen LogP contribution in [0.3, 0.4) is 0 Å². The lowest BCUT2D eigenvalue weighted by Gasteiger charge is -2.13. The minimum atomic E-state index is -0.766. The number of fused-ring (bicyclic) bond motifs is 1. The highest BCUT2D eigenvalue weighted by atomic mass is 127. The first-order valence-corrected chi connectivity index (χ1v) is 9.36. The van der Waals surface area contributed by atoms with Gasteiger partial charge in [0.1, 0.15) is 11.6 Å². The van der Waals surface area contributed by atoms with E-state index in [1.54, 1.807) is 12.1 Å². The Kier molecular flexibility index (Phi) is 8.98. The standard InChI is InChI=1S/C21H26FN3O2.HI/c1-2-23-21(25-14-19(26)16-4-6-18(22)7-5-16)24-11-9-15-3-8-20-17(13-15)10-12-27-20;/h3-8,13,19,26H,2,9-12,14H2,1H3,(H2,23,24,25);1H. The minimum absolute atomic E-state index is 0. The maximum atomic E-state index is 13.0. The van der Waals surface area contributed by atoms with Crippen molar-refractivity contribution >= 4 is 29.9 Å². The number of benzene rings is 2. The zero-order chi connectivity index (χ0) is 19.1. The number of hydrogen-bond acceptors (Lipinski definition) is 3. The molecule has 0 radical (unpaired) electrons. The average Bonchev–Trinajstić information content (AvgIpc) is 3.14. The molecule has 0 bridgehead atoms. The van der Waals surface area contributed by atoms with Crippen LogP contribution in [-0.4, -0.2) is 37.3 Å². The first-order chi connectivity index (χ1) is 13.2. The Morgan fingerprint density at radius 2 is 2.00 bits per heavy atom. The Morgan fingerprint density at radius 1 is 1.21 bits per heavy atom. The molecular formula is C21H27FIN3O2. The number of ether oxygens (including phenoxy) is 1. The molecule has 0 saturated carbocycles. The second kappa shape index (κ2) is 11.2. The average molecular weight is 499 g/mol. The molecule has 0 amide bonds. The van der Waals surface area contributed by atoms with Crippen molar-refractivity contribution in [3.8, 4) is 5.75 Å². The summed E-state index contributed by atoms with van der Waals surface area (Å²) in [4.78, 5) is 4.43. The third kappa shape index (κ3) is 6.34. The van der Waals surface area contributed by atoms with Gasteiger partial charge in [0.2, 0.25) is 0 Å². The molecule has 0 spiro atoms. The molecule has 1 aliphatic rings. The summed E-state index contributed by atoms with van der Waals surface area (Å²) in [5, 5.41) is 16.7. The highest BCUT2D eigenvalue weighted by molar-refractivity contribution is 14.0. The quantitative estimate of drug-likeness (QED) is 0.311. The fraction of sp³-hybridized carbons (Fsp3) is 0.381. The van der Waals surface area contributed by atoms with Crippen LogP contribution in [0.2, 0.25) is 0 Å². The topological polar surface area (TPSA) is 65.9 Å². The van der Waals surface area contributed by atoms with E-state index < -0.39 is 6.10 Å². The van der Waals surface area contributed by atoms with Crippen molar-refractivity contribution in [2.45, 2.75) is 25.9 Å². The van der Waals surface area contributed by atoms with E-state index in [0.717, 1.165) is 38.3 Å². The smallest absolute Gasteiger partial charge is 0.191 e. The van der Waals surface area contributed by atoms with E-state index in [4.69, 9.17) is 4.74 Å². The van der Waals surface area contributed by atoms with E-state index in [1.165, 1.54) is 23.3 Å². The number of aliphatic imine (C=N–C) groups is 1. The summed E-state index contributed by atoms with van der Waals surface area (Å²) in [6, 6.07) is 12.2. The van der Waals surface area contributed by atoms with Gasteiger partial charge in [-0.05, 0) is 48.2 Å². The number of nitrogens with one attached hydrogen (secondary N) is 2. The van der Waals surface area contributed by atoms with Crippen LogP contribution in [-0.2, 0) is 12.8 Å². The molecule has 2 aromatic carbocycles. The Bertz CT molecular complexity index is 784. The Balaban J connectivity index is 0.00000280. The van der Waals surface area contributed by atoms with Crippen LogP contribution in [0.5, 0.6) is 5.75 Å². The number of guanidine groups is 1. The minimum Gasteiger partial charge on any atom is -0.493 e. The van der Waals surface area contributed by atoms with E-state index in [1.807, 2.05) is 13.0 Å². The molecule has 152 valence electrons.